The van der Waals surface area contributed by atoms with E-state index in [-0.39, 0.29) is 5.69 Å². The Balaban J connectivity index is 1.96. The van der Waals surface area contributed by atoms with Crippen LogP contribution >= 0.6 is 33.9 Å². The molecule has 0 amide bonds. The first-order chi connectivity index (χ1) is 12.6. The largest absolute Gasteiger partial charge is 0.476 e. The lowest BCUT2D eigenvalue weighted by molar-refractivity contribution is 0.0691. The predicted molar refractivity (Wildman–Crippen MR) is 110 cm³/mol. The molecule has 0 saturated heterocycles. The highest BCUT2D eigenvalue weighted by Gasteiger charge is 2.22. The molecule has 0 fully saturated rings. The van der Waals surface area contributed by atoms with Crippen molar-refractivity contribution in [3.8, 4) is 27.6 Å². The summed E-state index contributed by atoms with van der Waals surface area (Å²) in [5.41, 5.74) is 3.77. The van der Waals surface area contributed by atoms with Crippen LogP contribution in [0.25, 0.3) is 27.6 Å². The second kappa shape index (κ2) is 7.00. The molecule has 4 rings (SSSR count). The van der Waals surface area contributed by atoms with Crippen LogP contribution in [0.15, 0.2) is 66.0 Å². The van der Waals surface area contributed by atoms with Gasteiger partial charge in [-0.05, 0) is 22.6 Å². The van der Waals surface area contributed by atoms with Crippen LogP contribution in [0.3, 0.4) is 0 Å². The average Bonchev–Trinajstić information content (AvgIpc) is 3.28. The number of aromatic carboxylic acids is 1. The first-order valence-corrected chi connectivity index (χ1v) is 9.69. The topological polar surface area (TPSA) is 68.0 Å². The summed E-state index contributed by atoms with van der Waals surface area (Å²) in [6.07, 6.45) is 0. The molecule has 7 heteroatoms. The van der Waals surface area contributed by atoms with E-state index >= 15 is 0 Å². The van der Waals surface area contributed by atoms with Gasteiger partial charge >= 0.3 is 5.97 Å². The Bertz CT molecular complexity index is 1070. The van der Waals surface area contributed by atoms with Crippen molar-refractivity contribution in [3.63, 3.8) is 0 Å². The molecule has 2 heterocycles. The van der Waals surface area contributed by atoms with Crippen LogP contribution in [0, 0.1) is 3.57 Å². The van der Waals surface area contributed by atoms with E-state index in [1.54, 1.807) is 4.68 Å². The molecular formula is C19H12IN3O2S. The Morgan fingerprint density at radius 1 is 1.00 bits per heavy atom. The first kappa shape index (κ1) is 16.9. The molecule has 5 nitrogen and oxygen atoms in total. The van der Waals surface area contributed by atoms with Gasteiger partial charge < -0.3 is 5.11 Å². The molecule has 4 aromatic rings. The number of rotatable bonds is 4. The van der Waals surface area contributed by atoms with Gasteiger partial charge in [0, 0.05) is 16.5 Å². The van der Waals surface area contributed by atoms with Gasteiger partial charge in [0.05, 0.1) is 9.26 Å². The van der Waals surface area contributed by atoms with Gasteiger partial charge in [-0.1, -0.05) is 60.7 Å². The second-order valence-electron chi connectivity index (χ2n) is 5.48. The molecule has 0 aliphatic heterocycles. The Kier molecular flexibility index (Phi) is 4.56. The molecule has 128 valence electrons. The van der Waals surface area contributed by atoms with Crippen LogP contribution in [0.2, 0.25) is 0 Å². The number of benzene rings is 2. The molecular weight excluding hydrogens is 461 g/mol. The number of halogens is 1. The minimum atomic E-state index is -1.04. The van der Waals surface area contributed by atoms with Crippen LogP contribution in [-0.4, -0.2) is 25.8 Å². The number of aromatic nitrogens is 3. The van der Waals surface area contributed by atoms with E-state index in [0.717, 1.165) is 26.1 Å². The summed E-state index contributed by atoms with van der Waals surface area (Å²) in [5, 5.41) is 16.0. The van der Waals surface area contributed by atoms with Crippen LogP contribution in [0.5, 0.6) is 0 Å². The second-order valence-corrected chi connectivity index (χ2v) is 7.39. The Hall–Kier alpha value is -2.52. The lowest BCUT2D eigenvalue weighted by Crippen LogP contribution is -2.02. The summed E-state index contributed by atoms with van der Waals surface area (Å²) in [6.45, 7) is 0. The number of hydrogen-bond donors (Lipinski definition) is 1. The van der Waals surface area contributed by atoms with Gasteiger partial charge in [-0.25, -0.2) is 14.5 Å². The number of carboxylic acid groups (broad SMARTS) is 1. The summed E-state index contributed by atoms with van der Waals surface area (Å²) in [6, 6.07) is 19.8. The number of carbonyl (C=O) groups is 1. The molecule has 2 aromatic heterocycles. The molecule has 2 aromatic carbocycles. The van der Waals surface area contributed by atoms with Crippen LogP contribution < -0.4 is 0 Å². The molecule has 0 bridgehead atoms. The summed E-state index contributed by atoms with van der Waals surface area (Å²) in [7, 11) is 0. The molecule has 0 aliphatic carbocycles. The number of hydrogen-bond acceptors (Lipinski definition) is 4. The van der Waals surface area contributed by atoms with Gasteiger partial charge in [-0.3, -0.25) is 0 Å². The van der Waals surface area contributed by atoms with E-state index in [9.17, 15) is 9.90 Å². The fourth-order valence-corrected chi connectivity index (χ4v) is 4.34. The summed E-state index contributed by atoms with van der Waals surface area (Å²) in [5.74, 6) is -1.04. The third-order valence-electron chi connectivity index (χ3n) is 3.81. The van der Waals surface area contributed by atoms with Crippen molar-refractivity contribution in [2.24, 2.45) is 0 Å². The molecule has 0 spiro atoms. The van der Waals surface area contributed by atoms with Crippen molar-refractivity contribution in [2.45, 2.75) is 0 Å². The highest BCUT2D eigenvalue weighted by Crippen LogP contribution is 2.35. The van der Waals surface area contributed by atoms with Gasteiger partial charge in [0.15, 0.2) is 5.69 Å². The van der Waals surface area contributed by atoms with Crippen LogP contribution in [0.4, 0.5) is 0 Å². The SMILES string of the molecule is O=C(O)c1csc(-n2nc(-c3ccccc3)c(I)c2-c2ccccc2)n1. The number of nitrogens with zero attached hydrogens (tertiary/aromatic N) is 3. The maximum Gasteiger partial charge on any atom is 0.355 e. The van der Waals surface area contributed by atoms with Crippen molar-refractivity contribution in [2.75, 3.05) is 0 Å². The van der Waals surface area contributed by atoms with Crippen LogP contribution in [0.1, 0.15) is 10.5 Å². The maximum absolute atomic E-state index is 11.2. The fourth-order valence-electron chi connectivity index (χ4n) is 2.62. The van der Waals surface area contributed by atoms with Gasteiger partial charge in [0.1, 0.15) is 5.69 Å². The van der Waals surface area contributed by atoms with Gasteiger partial charge in [0.2, 0.25) is 5.13 Å². The Morgan fingerprint density at radius 2 is 1.62 bits per heavy atom. The minimum absolute atomic E-state index is 0.0239. The summed E-state index contributed by atoms with van der Waals surface area (Å²) >= 11 is 3.56. The number of carboxylic acids is 1. The van der Waals surface area contributed by atoms with Crippen molar-refractivity contribution < 1.29 is 9.90 Å². The Morgan fingerprint density at radius 3 is 2.19 bits per heavy atom. The zero-order chi connectivity index (χ0) is 18.1. The van der Waals surface area contributed by atoms with Gasteiger partial charge in [-0.2, -0.15) is 5.10 Å². The quantitative estimate of drug-likeness (QED) is 0.426. The molecule has 0 unspecified atom stereocenters. The van der Waals surface area contributed by atoms with Crippen molar-refractivity contribution in [3.05, 3.63) is 75.3 Å². The zero-order valence-electron chi connectivity index (χ0n) is 13.3. The standard InChI is InChI=1S/C19H12IN3O2S/c20-15-16(12-7-3-1-4-8-12)22-23(17(15)13-9-5-2-6-10-13)19-21-14(11-26-19)18(24)25/h1-11H,(H,24,25). The van der Waals surface area contributed by atoms with E-state index in [0.29, 0.717) is 5.13 Å². The van der Waals surface area contributed by atoms with Crippen molar-refractivity contribution in [1.29, 1.82) is 0 Å². The molecule has 0 saturated carbocycles. The first-order valence-electron chi connectivity index (χ1n) is 7.73. The average molecular weight is 473 g/mol. The van der Waals surface area contributed by atoms with Crippen molar-refractivity contribution in [1.82, 2.24) is 14.8 Å². The lowest BCUT2D eigenvalue weighted by atomic mass is 10.1. The summed E-state index contributed by atoms with van der Waals surface area (Å²) in [4.78, 5) is 15.4. The van der Waals surface area contributed by atoms with Gasteiger partial charge in [-0.15, -0.1) is 11.3 Å². The molecule has 26 heavy (non-hydrogen) atoms. The third kappa shape index (κ3) is 3.04. The molecule has 0 aliphatic rings. The molecule has 0 radical (unpaired) electrons. The third-order valence-corrected chi connectivity index (χ3v) is 5.65. The smallest absolute Gasteiger partial charge is 0.355 e. The number of thiazole rings is 1. The molecule has 0 atom stereocenters. The Labute approximate surface area is 167 Å². The van der Waals surface area contributed by atoms with E-state index < -0.39 is 5.97 Å². The van der Waals surface area contributed by atoms with Gasteiger partial charge in [0.25, 0.3) is 0 Å². The van der Waals surface area contributed by atoms with E-state index in [4.69, 9.17) is 5.10 Å². The minimum Gasteiger partial charge on any atom is -0.476 e. The normalized spacial score (nSPS) is 10.8. The van der Waals surface area contributed by atoms with Crippen LogP contribution in [-0.2, 0) is 0 Å². The van der Waals surface area contributed by atoms with E-state index in [2.05, 4.69) is 27.6 Å². The monoisotopic (exact) mass is 473 g/mol. The molecule has 1 N–H and O–H groups in total. The highest BCUT2D eigenvalue weighted by atomic mass is 127. The highest BCUT2D eigenvalue weighted by molar-refractivity contribution is 14.1. The van der Waals surface area contributed by atoms with Crippen molar-refractivity contribution >= 4 is 39.9 Å². The maximum atomic E-state index is 11.2. The van der Waals surface area contributed by atoms with E-state index in [1.807, 2.05) is 60.7 Å². The van der Waals surface area contributed by atoms with E-state index in [1.165, 1.54) is 16.7 Å². The summed E-state index contributed by atoms with van der Waals surface area (Å²) < 4.78 is 2.73. The predicted octanol–water partition coefficient (Wildman–Crippen LogP) is 4.97. The fraction of sp³-hybridized carbons (Fsp3) is 0. The lowest BCUT2D eigenvalue weighted by Gasteiger charge is -2.04. The zero-order valence-corrected chi connectivity index (χ0v) is 16.3.